The number of phenolic OH excluding ortho intramolecular Hbond substituents is 1. The van der Waals surface area contributed by atoms with E-state index in [4.69, 9.17) is 9.47 Å². The topological polar surface area (TPSA) is 79.2 Å². The van der Waals surface area contributed by atoms with Gasteiger partial charge in [-0.15, -0.1) is 0 Å². The largest absolute Gasteiger partial charge is 0.504 e. The van der Waals surface area contributed by atoms with Crippen molar-refractivity contribution in [1.29, 1.82) is 0 Å². The number of carboxylic acid groups (broad SMARTS) is 1. The standard InChI is InChI=1S/C15H21NO5/c1-9-7-16(8-10(2)21-9)14(15(18)19)11-4-5-12(17)13(6-11)20-3/h4-6,9-10,14,17H,7-8H2,1-3H3,(H,18,19). The van der Waals surface area contributed by atoms with Crippen LogP contribution in [0.1, 0.15) is 25.5 Å². The first-order valence-electron chi connectivity index (χ1n) is 6.91. The number of benzene rings is 1. The molecular weight excluding hydrogens is 274 g/mol. The van der Waals surface area contributed by atoms with E-state index in [1.54, 1.807) is 12.1 Å². The molecule has 0 radical (unpaired) electrons. The molecule has 0 saturated carbocycles. The Morgan fingerprint density at radius 1 is 1.38 bits per heavy atom. The molecule has 21 heavy (non-hydrogen) atoms. The number of aromatic hydroxyl groups is 1. The number of morpholine rings is 1. The fraction of sp³-hybridized carbons (Fsp3) is 0.533. The zero-order valence-electron chi connectivity index (χ0n) is 12.4. The summed E-state index contributed by atoms with van der Waals surface area (Å²) in [5, 5.41) is 19.2. The number of hydrogen-bond acceptors (Lipinski definition) is 5. The summed E-state index contributed by atoms with van der Waals surface area (Å²) in [6.45, 7) is 4.95. The minimum Gasteiger partial charge on any atom is -0.504 e. The highest BCUT2D eigenvalue weighted by Crippen LogP contribution is 2.32. The van der Waals surface area contributed by atoms with Crippen molar-refractivity contribution in [2.75, 3.05) is 20.2 Å². The molecule has 0 aromatic heterocycles. The lowest BCUT2D eigenvalue weighted by atomic mass is 10.0. The van der Waals surface area contributed by atoms with Crippen LogP contribution in [0.15, 0.2) is 18.2 Å². The molecule has 1 heterocycles. The minimum atomic E-state index is -0.927. The first kappa shape index (κ1) is 15.6. The summed E-state index contributed by atoms with van der Waals surface area (Å²) in [4.78, 5) is 13.6. The van der Waals surface area contributed by atoms with Gasteiger partial charge in [0.2, 0.25) is 0 Å². The van der Waals surface area contributed by atoms with E-state index in [1.165, 1.54) is 13.2 Å². The van der Waals surface area contributed by atoms with E-state index >= 15 is 0 Å². The van der Waals surface area contributed by atoms with Gasteiger partial charge in [0.05, 0.1) is 19.3 Å². The van der Waals surface area contributed by atoms with Crippen molar-refractivity contribution in [3.63, 3.8) is 0 Å². The number of rotatable bonds is 4. The van der Waals surface area contributed by atoms with E-state index in [9.17, 15) is 15.0 Å². The van der Waals surface area contributed by atoms with Gasteiger partial charge in [-0.05, 0) is 31.5 Å². The van der Waals surface area contributed by atoms with Gasteiger partial charge in [-0.1, -0.05) is 6.07 Å². The van der Waals surface area contributed by atoms with Crippen molar-refractivity contribution in [3.05, 3.63) is 23.8 Å². The molecule has 1 saturated heterocycles. The second kappa shape index (κ2) is 6.32. The lowest BCUT2D eigenvalue weighted by Crippen LogP contribution is -2.48. The average molecular weight is 295 g/mol. The third-order valence-corrected chi connectivity index (χ3v) is 3.57. The minimum absolute atomic E-state index is 0.00546. The smallest absolute Gasteiger partial charge is 0.325 e. The quantitative estimate of drug-likeness (QED) is 0.879. The average Bonchev–Trinajstić information content (AvgIpc) is 2.39. The number of carboxylic acids is 1. The van der Waals surface area contributed by atoms with Crippen LogP contribution in [0.5, 0.6) is 11.5 Å². The van der Waals surface area contributed by atoms with Gasteiger partial charge in [-0.2, -0.15) is 0 Å². The molecule has 1 aromatic carbocycles. The number of methoxy groups -OCH3 is 1. The molecule has 3 atom stereocenters. The summed E-state index contributed by atoms with van der Waals surface area (Å²) in [6, 6.07) is 3.85. The van der Waals surface area contributed by atoms with Gasteiger partial charge >= 0.3 is 5.97 Å². The summed E-state index contributed by atoms with van der Waals surface area (Å²) < 4.78 is 10.7. The Morgan fingerprint density at radius 2 is 2.00 bits per heavy atom. The predicted molar refractivity (Wildman–Crippen MR) is 76.6 cm³/mol. The van der Waals surface area contributed by atoms with Crippen molar-refractivity contribution in [1.82, 2.24) is 4.90 Å². The van der Waals surface area contributed by atoms with Gasteiger partial charge in [0, 0.05) is 13.1 Å². The highest BCUT2D eigenvalue weighted by molar-refractivity contribution is 5.76. The molecule has 116 valence electrons. The zero-order chi connectivity index (χ0) is 15.6. The summed E-state index contributed by atoms with van der Waals surface area (Å²) in [7, 11) is 1.44. The third kappa shape index (κ3) is 3.46. The van der Waals surface area contributed by atoms with Crippen molar-refractivity contribution in [3.8, 4) is 11.5 Å². The molecule has 6 nitrogen and oxygen atoms in total. The molecule has 0 bridgehead atoms. The summed E-state index contributed by atoms with van der Waals surface area (Å²) in [5.41, 5.74) is 0.582. The van der Waals surface area contributed by atoms with Crippen LogP contribution < -0.4 is 4.74 Å². The van der Waals surface area contributed by atoms with Crippen molar-refractivity contribution < 1.29 is 24.5 Å². The van der Waals surface area contributed by atoms with Crippen molar-refractivity contribution in [2.45, 2.75) is 32.1 Å². The lowest BCUT2D eigenvalue weighted by molar-refractivity contribution is -0.149. The summed E-state index contributed by atoms with van der Waals surface area (Å²) >= 11 is 0. The zero-order valence-corrected chi connectivity index (χ0v) is 12.4. The molecule has 1 aliphatic heterocycles. The Labute approximate surface area is 123 Å². The Morgan fingerprint density at radius 3 is 2.52 bits per heavy atom. The molecule has 2 N–H and O–H groups in total. The van der Waals surface area contributed by atoms with Crippen LogP contribution in [-0.2, 0) is 9.53 Å². The molecular formula is C15H21NO5. The van der Waals surface area contributed by atoms with E-state index < -0.39 is 12.0 Å². The molecule has 1 aromatic rings. The normalized spacial score (nSPS) is 24.5. The highest BCUT2D eigenvalue weighted by atomic mass is 16.5. The Hall–Kier alpha value is -1.79. The summed E-state index contributed by atoms with van der Waals surface area (Å²) in [6.07, 6.45) is -0.0378. The summed E-state index contributed by atoms with van der Waals surface area (Å²) in [5.74, 6) is -0.661. The Balaban J connectivity index is 2.32. The second-order valence-corrected chi connectivity index (χ2v) is 5.38. The predicted octanol–water partition coefficient (Wildman–Crippen LogP) is 1.64. The molecule has 1 aliphatic rings. The van der Waals surface area contributed by atoms with Crippen LogP contribution in [0.4, 0.5) is 0 Å². The van der Waals surface area contributed by atoms with Gasteiger partial charge in [0.25, 0.3) is 0 Å². The van der Waals surface area contributed by atoms with E-state index in [0.29, 0.717) is 18.7 Å². The molecule has 2 rings (SSSR count). The van der Waals surface area contributed by atoms with Crippen LogP contribution in [0, 0.1) is 0 Å². The van der Waals surface area contributed by atoms with Gasteiger partial charge in [0.15, 0.2) is 11.5 Å². The van der Waals surface area contributed by atoms with E-state index in [0.717, 1.165) is 0 Å². The number of nitrogens with zero attached hydrogens (tertiary/aromatic N) is 1. The number of carbonyl (C=O) groups is 1. The fourth-order valence-electron chi connectivity index (χ4n) is 2.80. The molecule has 0 amide bonds. The fourth-order valence-corrected chi connectivity index (χ4v) is 2.80. The van der Waals surface area contributed by atoms with Crippen LogP contribution in [-0.4, -0.2) is 53.5 Å². The van der Waals surface area contributed by atoms with E-state index in [-0.39, 0.29) is 23.7 Å². The maximum absolute atomic E-state index is 11.7. The SMILES string of the molecule is COc1cc(C(C(=O)O)N2CC(C)OC(C)C2)ccc1O. The van der Waals surface area contributed by atoms with Crippen LogP contribution in [0.25, 0.3) is 0 Å². The van der Waals surface area contributed by atoms with Crippen molar-refractivity contribution >= 4 is 5.97 Å². The van der Waals surface area contributed by atoms with Gasteiger partial charge in [0.1, 0.15) is 6.04 Å². The second-order valence-electron chi connectivity index (χ2n) is 5.38. The molecule has 3 unspecified atom stereocenters. The highest BCUT2D eigenvalue weighted by Gasteiger charge is 2.33. The number of hydrogen-bond donors (Lipinski definition) is 2. The van der Waals surface area contributed by atoms with Crippen LogP contribution >= 0.6 is 0 Å². The first-order valence-corrected chi connectivity index (χ1v) is 6.91. The van der Waals surface area contributed by atoms with Crippen LogP contribution in [0.2, 0.25) is 0 Å². The molecule has 0 aliphatic carbocycles. The number of phenols is 1. The maximum atomic E-state index is 11.7. The van der Waals surface area contributed by atoms with Crippen LogP contribution in [0.3, 0.4) is 0 Å². The lowest BCUT2D eigenvalue weighted by Gasteiger charge is -2.38. The monoisotopic (exact) mass is 295 g/mol. The van der Waals surface area contributed by atoms with Crippen molar-refractivity contribution in [2.24, 2.45) is 0 Å². The van der Waals surface area contributed by atoms with Gasteiger partial charge < -0.3 is 19.7 Å². The molecule has 0 spiro atoms. The third-order valence-electron chi connectivity index (χ3n) is 3.57. The molecule has 1 fully saturated rings. The number of ether oxygens (including phenoxy) is 2. The number of aliphatic carboxylic acids is 1. The van der Waals surface area contributed by atoms with Gasteiger partial charge in [-0.25, -0.2) is 0 Å². The molecule has 6 heteroatoms. The Bertz CT molecular complexity index is 509. The first-order chi connectivity index (χ1) is 9.92. The van der Waals surface area contributed by atoms with E-state index in [2.05, 4.69) is 0 Å². The Kier molecular flexibility index (Phi) is 4.69. The maximum Gasteiger partial charge on any atom is 0.325 e. The van der Waals surface area contributed by atoms with Gasteiger partial charge in [-0.3, -0.25) is 9.69 Å². The van der Waals surface area contributed by atoms with E-state index in [1.807, 2.05) is 18.7 Å².